The molecule has 4 aromatic rings. The molecule has 0 saturated carbocycles. The molecule has 0 unspecified atom stereocenters. The number of hydrogen-bond donors (Lipinski definition) is 2. The summed E-state index contributed by atoms with van der Waals surface area (Å²) >= 11 is 0. The molecule has 0 radical (unpaired) electrons. The summed E-state index contributed by atoms with van der Waals surface area (Å²) in [5, 5.41) is 22.6. The Balaban J connectivity index is 1.32. The SMILES string of the molecule is C[C@@H](O)C(=O)N1[C@@H]2CC[C@H]1CN(c1nc(OC[C@@H]3CCCN3C)nc3c(F)c(-c4cc(O)cc5ccccc45)ccc13)C2. The van der Waals surface area contributed by atoms with E-state index in [4.69, 9.17) is 9.72 Å². The number of ether oxygens (including phenoxy) is 1. The number of aliphatic hydroxyl groups excluding tert-OH is 1. The van der Waals surface area contributed by atoms with Crippen molar-refractivity contribution in [2.24, 2.45) is 0 Å². The minimum atomic E-state index is -1.05. The third-order valence-corrected chi connectivity index (χ3v) is 9.37. The zero-order valence-corrected chi connectivity index (χ0v) is 24.4. The Hall–Kier alpha value is -4.02. The van der Waals surface area contributed by atoms with Gasteiger partial charge in [0, 0.05) is 42.2 Å². The third-order valence-electron chi connectivity index (χ3n) is 9.37. The third kappa shape index (κ3) is 4.92. The Morgan fingerprint density at radius 1 is 1.05 bits per heavy atom. The van der Waals surface area contributed by atoms with Gasteiger partial charge in [0.1, 0.15) is 29.8 Å². The van der Waals surface area contributed by atoms with Crippen molar-refractivity contribution in [3.63, 3.8) is 0 Å². The van der Waals surface area contributed by atoms with Crippen molar-refractivity contribution in [1.82, 2.24) is 19.8 Å². The molecule has 224 valence electrons. The zero-order chi connectivity index (χ0) is 29.8. The number of carbonyl (C=O) groups excluding carboxylic acids is 1. The molecule has 4 heterocycles. The molecule has 3 saturated heterocycles. The van der Waals surface area contributed by atoms with Gasteiger partial charge < -0.3 is 29.6 Å². The van der Waals surface area contributed by atoms with Crippen LogP contribution in [0.4, 0.5) is 10.2 Å². The number of likely N-dealkylation sites (N-methyl/N-ethyl adjacent to an activating group) is 1. The number of likely N-dealkylation sites (tertiary alicyclic amines) is 1. The lowest BCUT2D eigenvalue weighted by atomic mass is 9.96. The summed E-state index contributed by atoms with van der Waals surface area (Å²) < 4.78 is 22.8. The van der Waals surface area contributed by atoms with Crippen LogP contribution < -0.4 is 9.64 Å². The van der Waals surface area contributed by atoms with Crippen LogP contribution in [0.15, 0.2) is 48.5 Å². The average molecular weight is 586 g/mol. The largest absolute Gasteiger partial charge is 0.508 e. The fourth-order valence-electron chi connectivity index (χ4n) is 7.17. The molecule has 2 N–H and O–H groups in total. The van der Waals surface area contributed by atoms with Gasteiger partial charge in [-0.2, -0.15) is 9.97 Å². The van der Waals surface area contributed by atoms with Crippen LogP contribution >= 0.6 is 0 Å². The predicted octanol–water partition coefficient (Wildman–Crippen LogP) is 4.33. The summed E-state index contributed by atoms with van der Waals surface area (Å²) in [5.41, 5.74) is 1.06. The lowest BCUT2D eigenvalue weighted by molar-refractivity contribution is -0.142. The molecule has 3 aliphatic heterocycles. The smallest absolute Gasteiger partial charge is 0.319 e. The number of fused-ring (bicyclic) bond motifs is 4. The number of piperazine rings is 1. The Kier molecular flexibility index (Phi) is 7.05. The van der Waals surface area contributed by atoms with Crippen LogP contribution in [0.25, 0.3) is 32.8 Å². The molecule has 1 amide bonds. The number of benzene rings is 3. The minimum absolute atomic E-state index is 0.0568. The fourth-order valence-corrected chi connectivity index (χ4v) is 7.17. The molecule has 9 nitrogen and oxygen atoms in total. The monoisotopic (exact) mass is 585 g/mol. The van der Waals surface area contributed by atoms with Crippen LogP contribution in [-0.2, 0) is 4.79 Å². The maximum Gasteiger partial charge on any atom is 0.319 e. The van der Waals surface area contributed by atoms with Gasteiger partial charge in [-0.15, -0.1) is 0 Å². The second-order valence-electron chi connectivity index (χ2n) is 12.2. The number of aliphatic hydroxyl groups is 1. The van der Waals surface area contributed by atoms with Crippen molar-refractivity contribution in [2.45, 2.75) is 56.8 Å². The summed E-state index contributed by atoms with van der Waals surface area (Å²) in [6.07, 6.45) is 2.74. The zero-order valence-electron chi connectivity index (χ0n) is 24.4. The van der Waals surface area contributed by atoms with Gasteiger partial charge in [0.2, 0.25) is 0 Å². The highest BCUT2D eigenvalue weighted by molar-refractivity contribution is 6.01. The number of phenols is 1. The van der Waals surface area contributed by atoms with Gasteiger partial charge in [-0.25, -0.2) is 4.39 Å². The molecule has 4 atom stereocenters. The molecule has 0 spiro atoms. The van der Waals surface area contributed by atoms with E-state index in [1.165, 1.54) is 6.92 Å². The van der Waals surface area contributed by atoms with Gasteiger partial charge in [-0.05, 0) is 80.7 Å². The number of aromatic hydroxyl groups is 1. The molecule has 3 aromatic carbocycles. The lowest BCUT2D eigenvalue weighted by Gasteiger charge is -2.42. The van der Waals surface area contributed by atoms with Gasteiger partial charge in [-0.1, -0.05) is 30.3 Å². The maximum atomic E-state index is 16.6. The van der Waals surface area contributed by atoms with E-state index >= 15 is 4.39 Å². The second-order valence-corrected chi connectivity index (χ2v) is 12.2. The number of aromatic nitrogens is 2. The highest BCUT2D eigenvalue weighted by Gasteiger charge is 2.44. The Labute approximate surface area is 249 Å². The van der Waals surface area contributed by atoms with Gasteiger partial charge in [0.15, 0.2) is 5.82 Å². The van der Waals surface area contributed by atoms with E-state index < -0.39 is 11.9 Å². The molecule has 7 rings (SSSR count). The normalized spacial score (nSPS) is 22.9. The summed E-state index contributed by atoms with van der Waals surface area (Å²) in [5.74, 6) is -0.127. The molecule has 2 bridgehead atoms. The molecule has 3 fully saturated rings. The molecule has 43 heavy (non-hydrogen) atoms. The van der Waals surface area contributed by atoms with Crippen LogP contribution in [0.1, 0.15) is 32.6 Å². The van der Waals surface area contributed by atoms with Crippen molar-refractivity contribution in [1.29, 1.82) is 0 Å². The van der Waals surface area contributed by atoms with Gasteiger partial charge in [-0.3, -0.25) is 4.79 Å². The number of rotatable bonds is 6. The van der Waals surface area contributed by atoms with E-state index in [9.17, 15) is 15.0 Å². The first-order valence-corrected chi connectivity index (χ1v) is 15.1. The highest BCUT2D eigenvalue weighted by atomic mass is 19.1. The summed E-state index contributed by atoms with van der Waals surface area (Å²) in [7, 11) is 2.07. The maximum absolute atomic E-state index is 16.6. The fraction of sp³-hybridized carbons (Fsp3) is 0.424. The second kappa shape index (κ2) is 10.9. The first-order valence-electron chi connectivity index (χ1n) is 15.1. The van der Waals surface area contributed by atoms with Crippen LogP contribution in [0, 0.1) is 5.82 Å². The van der Waals surface area contributed by atoms with Crippen molar-refractivity contribution >= 4 is 33.4 Å². The van der Waals surface area contributed by atoms with Crippen molar-refractivity contribution < 1.29 is 24.1 Å². The van der Waals surface area contributed by atoms with Crippen molar-refractivity contribution in [3.8, 4) is 22.9 Å². The summed E-state index contributed by atoms with van der Waals surface area (Å²) in [6, 6.07) is 14.6. The van der Waals surface area contributed by atoms with Gasteiger partial charge in [0.25, 0.3) is 5.91 Å². The lowest BCUT2D eigenvalue weighted by Crippen LogP contribution is -2.58. The van der Waals surface area contributed by atoms with E-state index in [0.717, 1.165) is 43.0 Å². The van der Waals surface area contributed by atoms with Crippen LogP contribution in [-0.4, -0.2) is 93.4 Å². The number of halogens is 1. The number of phenolic OH excluding ortho intramolecular Hbond substituents is 1. The minimum Gasteiger partial charge on any atom is -0.508 e. The number of amides is 1. The topological polar surface area (TPSA) is 102 Å². The first-order chi connectivity index (χ1) is 20.8. The van der Waals surface area contributed by atoms with E-state index in [0.29, 0.717) is 42.0 Å². The molecule has 0 aliphatic carbocycles. The first kappa shape index (κ1) is 27.8. The quantitative estimate of drug-likeness (QED) is 0.345. The standard InChI is InChI=1S/C33H36FN5O4/c1-19(40)32(42)39-21-9-10-22(39)17-38(16-21)31-27-12-11-26(28-15-24(41)14-20-6-3-4-8-25(20)28)29(34)30(27)35-33(36-31)43-18-23-7-5-13-37(23)2/h3-4,6,8,11-12,14-15,19,21-23,40-41H,5,7,9-10,13,16-18H2,1-2H3/t19-,21-,22+,23+/m1/s1. The van der Waals surface area contributed by atoms with Gasteiger partial charge >= 0.3 is 6.01 Å². The number of anilines is 1. The average Bonchev–Trinajstić information content (AvgIpc) is 3.53. The van der Waals surface area contributed by atoms with Crippen molar-refractivity contribution in [3.05, 3.63) is 54.3 Å². The summed E-state index contributed by atoms with van der Waals surface area (Å²) in [6.45, 7) is 3.96. The van der Waals surface area contributed by atoms with E-state index in [1.807, 2.05) is 35.2 Å². The molecule has 10 heteroatoms. The molecule has 3 aliphatic rings. The Bertz CT molecular complexity index is 1700. The Morgan fingerprint density at radius 3 is 2.53 bits per heavy atom. The summed E-state index contributed by atoms with van der Waals surface area (Å²) in [4.78, 5) is 28.4. The van der Waals surface area contributed by atoms with Crippen LogP contribution in [0.5, 0.6) is 11.8 Å². The Morgan fingerprint density at radius 2 is 1.81 bits per heavy atom. The van der Waals surface area contributed by atoms with Crippen molar-refractivity contribution in [2.75, 3.05) is 38.2 Å². The van der Waals surface area contributed by atoms with E-state index in [-0.39, 0.29) is 41.3 Å². The molecule has 1 aromatic heterocycles. The van der Waals surface area contributed by atoms with Crippen LogP contribution in [0.3, 0.4) is 0 Å². The number of nitrogens with zero attached hydrogens (tertiary/aromatic N) is 5. The molecular weight excluding hydrogens is 549 g/mol. The molecular formula is C33H36FN5O4. The number of hydrogen-bond acceptors (Lipinski definition) is 8. The van der Waals surface area contributed by atoms with E-state index in [2.05, 4.69) is 21.8 Å². The van der Waals surface area contributed by atoms with Gasteiger partial charge in [0.05, 0.1) is 0 Å². The van der Waals surface area contributed by atoms with Crippen LogP contribution in [0.2, 0.25) is 0 Å². The number of carbonyl (C=O) groups is 1. The highest BCUT2D eigenvalue weighted by Crippen LogP contribution is 2.40. The predicted molar refractivity (Wildman–Crippen MR) is 163 cm³/mol. The van der Waals surface area contributed by atoms with E-state index in [1.54, 1.807) is 18.2 Å².